The Hall–Kier alpha value is -1.29. The second-order valence-corrected chi connectivity index (χ2v) is 8.65. The molecule has 3 rings (SSSR count). The Kier molecular flexibility index (Phi) is 4.31. The van der Waals surface area contributed by atoms with Gasteiger partial charge in [0, 0.05) is 19.0 Å². The summed E-state index contributed by atoms with van der Waals surface area (Å²) >= 11 is 2.35. The Balaban J connectivity index is 1.70. The Morgan fingerprint density at radius 3 is 2.68 bits per heavy atom. The summed E-state index contributed by atoms with van der Waals surface area (Å²) in [6.45, 7) is 1.26. The zero-order chi connectivity index (χ0) is 15.7. The number of carbonyl (C=O) groups excluding carboxylic acids is 1. The van der Waals surface area contributed by atoms with Crippen molar-refractivity contribution in [2.45, 2.75) is 17.1 Å². The van der Waals surface area contributed by atoms with E-state index in [1.165, 1.54) is 17.5 Å². The number of ketones is 1. The highest BCUT2D eigenvalue weighted by Crippen LogP contribution is 2.32. The zero-order valence-corrected chi connectivity index (χ0v) is 14.1. The standard InChI is InChI=1S/C13H15N3O3S3/c14-22(18,19)13-10(8-15-21-13)16-5-3-9(4-6-16)12(17)11-2-1-7-20-11/h1-2,7-9H,3-6H2,(H2,14,18,19). The van der Waals surface area contributed by atoms with Crippen molar-refractivity contribution in [3.8, 4) is 0 Å². The highest BCUT2D eigenvalue weighted by atomic mass is 32.2. The van der Waals surface area contributed by atoms with Gasteiger partial charge in [0.2, 0.25) is 0 Å². The molecule has 0 saturated carbocycles. The lowest BCUT2D eigenvalue weighted by molar-refractivity contribution is 0.0904. The first-order valence-electron chi connectivity index (χ1n) is 6.77. The van der Waals surface area contributed by atoms with Crippen LogP contribution in [0, 0.1) is 5.92 Å². The molecule has 2 aromatic rings. The van der Waals surface area contributed by atoms with Gasteiger partial charge in [-0.3, -0.25) is 4.79 Å². The fraction of sp³-hybridized carbons (Fsp3) is 0.385. The van der Waals surface area contributed by atoms with Crippen molar-refractivity contribution in [1.29, 1.82) is 0 Å². The van der Waals surface area contributed by atoms with Gasteiger partial charge < -0.3 is 4.90 Å². The van der Waals surface area contributed by atoms with Crippen LogP contribution in [0.5, 0.6) is 0 Å². The highest BCUT2D eigenvalue weighted by molar-refractivity contribution is 7.91. The van der Waals surface area contributed by atoms with Crippen LogP contribution >= 0.6 is 22.9 Å². The van der Waals surface area contributed by atoms with Crippen LogP contribution in [-0.2, 0) is 10.0 Å². The van der Waals surface area contributed by atoms with Crippen LogP contribution in [0.25, 0.3) is 0 Å². The second kappa shape index (κ2) is 6.07. The molecule has 0 spiro atoms. The van der Waals surface area contributed by atoms with Gasteiger partial charge in [-0.1, -0.05) is 6.07 Å². The van der Waals surface area contributed by atoms with E-state index in [1.54, 1.807) is 0 Å². The number of anilines is 1. The van der Waals surface area contributed by atoms with Crippen molar-refractivity contribution in [3.63, 3.8) is 0 Å². The Labute approximate surface area is 136 Å². The molecule has 1 fully saturated rings. The van der Waals surface area contributed by atoms with Crippen LogP contribution in [0.3, 0.4) is 0 Å². The second-order valence-electron chi connectivity index (χ2n) is 5.15. The third-order valence-corrected chi connectivity index (χ3v) is 6.87. The molecule has 0 aromatic carbocycles. The van der Waals surface area contributed by atoms with E-state index in [2.05, 4.69) is 4.37 Å². The Morgan fingerprint density at radius 1 is 1.36 bits per heavy atom. The van der Waals surface area contributed by atoms with E-state index in [0.717, 1.165) is 16.4 Å². The molecule has 1 aliphatic heterocycles. The maximum Gasteiger partial charge on any atom is 0.251 e. The minimum Gasteiger partial charge on any atom is -0.368 e. The van der Waals surface area contributed by atoms with Crippen LogP contribution in [0.15, 0.2) is 27.9 Å². The summed E-state index contributed by atoms with van der Waals surface area (Å²) in [6, 6.07) is 3.73. The molecule has 0 bridgehead atoms. The highest BCUT2D eigenvalue weighted by Gasteiger charge is 2.29. The van der Waals surface area contributed by atoms with Gasteiger partial charge >= 0.3 is 0 Å². The maximum absolute atomic E-state index is 12.3. The Morgan fingerprint density at radius 2 is 2.09 bits per heavy atom. The average molecular weight is 357 g/mol. The number of hydrogen-bond acceptors (Lipinski definition) is 7. The first-order chi connectivity index (χ1) is 10.5. The molecule has 0 aliphatic carbocycles. The van der Waals surface area contributed by atoms with Crippen LogP contribution in [0.2, 0.25) is 0 Å². The van der Waals surface area contributed by atoms with Gasteiger partial charge in [0.1, 0.15) is 0 Å². The molecule has 2 aromatic heterocycles. The third kappa shape index (κ3) is 3.07. The Bertz CT molecular complexity index is 760. The van der Waals surface area contributed by atoms with Gasteiger partial charge in [0.15, 0.2) is 9.99 Å². The van der Waals surface area contributed by atoms with E-state index in [9.17, 15) is 13.2 Å². The number of primary sulfonamides is 1. The number of aromatic nitrogens is 1. The fourth-order valence-corrected chi connectivity index (χ4v) is 4.92. The molecule has 0 radical (unpaired) electrons. The average Bonchev–Trinajstić information content (AvgIpc) is 3.17. The lowest BCUT2D eigenvalue weighted by Gasteiger charge is -2.32. The molecule has 0 atom stereocenters. The number of thiophene rings is 1. The quantitative estimate of drug-likeness (QED) is 0.844. The topological polar surface area (TPSA) is 93.4 Å². The van der Waals surface area contributed by atoms with Crippen LogP contribution in [0.4, 0.5) is 5.69 Å². The van der Waals surface area contributed by atoms with Gasteiger partial charge in [0.25, 0.3) is 10.0 Å². The van der Waals surface area contributed by atoms with Gasteiger partial charge in [0.05, 0.1) is 16.8 Å². The van der Waals surface area contributed by atoms with Gasteiger partial charge in [-0.15, -0.1) is 11.3 Å². The monoisotopic (exact) mass is 357 g/mol. The van der Waals surface area contributed by atoms with Gasteiger partial charge in [-0.05, 0) is 35.8 Å². The predicted octanol–water partition coefficient (Wildman–Crippen LogP) is 1.95. The number of nitrogens with zero attached hydrogens (tertiary/aromatic N) is 2. The predicted molar refractivity (Wildman–Crippen MR) is 87.1 cm³/mol. The molecule has 22 heavy (non-hydrogen) atoms. The third-order valence-electron chi connectivity index (χ3n) is 3.75. The number of rotatable bonds is 4. The molecule has 3 heterocycles. The van der Waals surface area contributed by atoms with E-state index < -0.39 is 10.0 Å². The summed E-state index contributed by atoms with van der Waals surface area (Å²) in [4.78, 5) is 15.1. The summed E-state index contributed by atoms with van der Waals surface area (Å²) < 4.78 is 27.1. The first kappa shape index (κ1) is 15.6. The molecule has 9 heteroatoms. The first-order valence-corrected chi connectivity index (χ1v) is 9.97. The normalized spacial score (nSPS) is 16.9. The number of Topliss-reactive ketones (excluding diaryl/α,β-unsaturated/α-hetero) is 1. The fourth-order valence-electron chi connectivity index (χ4n) is 2.63. The number of carbonyl (C=O) groups is 1. The lowest BCUT2D eigenvalue weighted by atomic mass is 9.91. The molecular formula is C13H15N3O3S3. The summed E-state index contributed by atoms with van der Waals surface area (Å²) in [5, 5.41) is 7.11. The van der Waals surface area contributed by atoms with Crippen molar-refractivity contribution in [1.82, 2.24) is 4.37 Å². The molecular weight excluding hydrogens is 342 g/mol. The van der Waals surface area contributed by atoms with Crippen LogP contribution in [-0.4, -0.2) is 31.7 Å². The summed E-state index contributed by atoms with van der Waals surface area (Å²) in [6.07, 6.45) is 2.94. The van der Waals surface area contributed by atoms with Gasteiger partial charge in [-0.2, -0.15) is 4.37 Å². The molecule has 118 valence electrons. The minimum atomic E-state index is -3.76. The largest absolute Gasteiger partial charge is 0.368 e. The van der Waals surface area contributed by atoms with Crippen molar-refractivity contribution in [2.24, 2.45) is 11.1 Å². The van der Waals surface area contributed by atoms with Crippen LogP contribution in [0.1, 0.15) is 22.5 Å². The van der Waals surface area contributed by atoms with Gasteiger partial charge in [-0.25, -0.2) is 13.6 Å². The minimum absolute atomic E-state index is 0.000529. The zero-order valence-electron chi connectivity index (χ0n) is 11.6. The summed E-state index contributed by atoms with van der Waals surface area (Å²) in [7, 11) is -3.76. The number of hydrogen-bond donors (Lipinski definition) is 1. The molecule has 6 nitrogen and oxygen atoms in total. The van der Waals surface area contributed by atoms with Crippen molar-refractivity contribution < 1.29 is 13.2 Å². The smallest absolute Gasteiger partial charge is 0.251 e. The summed E-state index contributed by atoms with van der Waals surface area (Å²) in [5.41, 5.74) is 0.550. The van der Waals surface area contributed by atoms with Crippen molar-refractivity contribution in [3.05, 3.63) is 28.6 Å². The molecule has 0 unspecified atom stereocenters. The van der Waals surface area contributed by atoms with E-state index in [-0.39, 0.29) is 15.9 Å². The van der Waals surface area contributed by atoms with Crippen LogP contribution < -0.4 is 10.0 Å². The SMILES string of the molecule is NS(=O)(=O)c1sncc1N1CCC(C(=O)c2cccs2)CC1. The maximum atomic E-state index is 12.3. The molecule has 2 N–H and O–H groups in total. The van der Waals surface area contributed by atoms with Crippen molar-refractivity contribution in [2.75, 3.05) is 18.0 Å². The molecule has 0 amide bonds. The van der Waals surface area contributed by atoms with E-state index in [1.807, 2.05) is 22.4 Å². The number of piperidine rings is 1. The van der Waals surface area contributed by atoms with Crippen molar-refractivity contribution >= 4 is 44.4 Å². The summed E-state index contributed by atoms with van der Waals surface area (Å²) in [5.74, 6) is 0.184. The number of sulfonamides is 1. The van der Waals surface area contributed by atoms with E-state index in [0.29, 0.717) is 31.6 Å². The molecule has 1 saturated heterocycles. The number of nitrogens with two attached hydrogens (primary N) is 1. The lowest BCUT2D eigenvalue weighted by Crippen LogP contribution is -2.36. The molecule has 1 aliphatic rings. The van der Waals surface area contributed by atoms with E-state index in [4.69, 9.17) is 5.14 Å². The van der Waals surface area contributed by atoms with E-state index >= 15 is 0 Å².